The molecule has 0 bridgehead atoms. The summed E-state index contributed by atoms with van der Waals surface area (Å²) in [6.07, 6.45) is 4.80. The van der Waals surface area contributed by atoms with Crippen LogP contribution in [-0.2, 0) is 23.9 Å². The van der Waals surface area contributed by atoms with E-state index in [9.17, 15) is 14.4 Å². The van der Waals surface area contributed by atoms with Gasteiger partial charge in [-0.15, -0.1) is 0 Å². The summed E-state index contributed by atoms with van der Waals surface area (Å²) in [4.78, 5) is 35.4. The van der Waals surface area contributed by atoms with Crippen molar-refractivity contribution in [2.75, 3.05) is 20.8 Å². The second kappa shape index (κ2) is 6.58. The lowest BCUT2D eigenvalue weighted by molar-refractivity contribution is -0.139. The van der Waals surface area contributed by atoms with E-state index in [1.54, 1.807) is 6.08 Å². The van der Waals surface area contributed by atoms with Crippen LogP contribution in [0, 0.1) is 0 Å². The zero-order valence-corrected chi connectivity index (χ0v) is 10.3. The molecule has 6 nitrogen and oxygen atoms in total. The standard InChI is InChI=1S/C12H15NO5/c1-17-11(15)9-5-3-4-6-13(8-14)7-10(9)12(16)18-2/h5,7-8H,3-4,6H2,1-2H3. The van der Waals surface area contributed by atoms with Crippen LogP contribution in [0.25, 0.3) is 0 Å². The Balaban J connectivity index is 3.20. The highest BCUT2D eigenvalue weighted by molar-refractivity contribution is 6.07. The maximum atomic E-state index is 11.6. The summed E-state index contributed by atoms with van der Waals surface area (Å²) < 4.78 is 9.22. The van der Waals surface area contributed by atoms with Gasteiger partial charge in [-0.3, -0.25) is 4.79 Å². The molecule has 0 saturated heterocycles. The third-order valence-electron chi connectivity index (χ3n) is 2.50. The number of ether oxygens (including phenoxy) is 2. The maximum absolute atomic E-state index is 11.6. The third-order valence-corrected chi connectivity index (χ3v) is 2.50. The summed E-state index contributed by atoms with van der Waals surface area (Å²) in [5.74, 6) is -1.31. The number of carbonyl (C=O) groups excluding carboxylic acids is 3. The van der Waals surface area contributed by atoms with Gasteiger partial charge >= 0.3 is 11.9 Å². The van der Waals surface area contributed by atoms with Crippen LogP contribution in [0.15, 0.2) is 23.4 Å². The van der Waals surface area contributed by atoms with Gasteiger partial charge in [0.25, 0.3) is 0 Å². The Morgan fingerprint density at radius 1 is 1.22 bits per heavy atom. The number of esters is 2. The summed E-state index contributed by atoms with van der Waals surface area (Å²) in [7, 11) is 2.44. The molecular weight excluding hydrogens is 238 g/mol. The van der Waals surface area contributed by atoms with Crippen molar-refractivity contribution in [3.63, 3.8) is 0 Å². The number of methoxy groups -OCH3 is 2. The minimum Gasteiger partial charge on any atom is -0.465 e. The molecule has 0 saturated carbocycles. The van der Waals surface area contributed by atoms with Gasteiger partial charge in [0.15, 0.2) is 0 Å². The number of hydrogen-bond donors (Lipinski definition) is 0. The van der Waals surface area contributed by atoms with E-state index in [-0.39, 0.29) is 11.1 Å². The molecule has 0 radical (unpaired) electrons. The second-order valence-electron chi connectivity index (χ2n) is 3.63. The van der Waals surface area contributed by atoms with Crippen LogP contribution in [0.3, 0.4) is 0 Å². The van der Waals surface area contributed by atoms with Gasteiger partial charge in [-0.25, -0.2) is 9.59 Å². The molecule has 1 rings (SSSR count). The largest absolute Gasteiger partial charge is 0.465 e. The Morgan fingerprint density at radius 2 is 1.83 bits per heavy atom. The average Bonchev–Trinajstić information content (AvgIpc) is 2.37. The number of amides is 1. The Morgan fingerprint density at radius 3 is 2.39 bits per heavy atom. The molecule has 98 valence electrons. The molecule has 0 aromatic rings. The van der Waals surface area contributed by atoms with Gasteiger partial charge in [0.05, 0.1) is 25.4 Å². The van der Waals surface area contributed by atoms with Gasteiger partial charge in [0, 0.05) is 12.7 Å². The normalized spacial score (nSPS) is 15.8. The van der Waals surface area contributed by atoms with Crippen molar-refractivity contribution >= 4 is 18.3 Å². The molecule has 1 heterocycles. The fourth-order valence-electron chi connectivity index (χ4n) is 1.59. The molecule has 0 aliphatic carbocycles. The predicted octanol–water partition coefficient (Wildman–Crippen LogP) is 0.395. The Kier molecular flexibility index (Phi) is 5.10. The minimum absolute atomic E-state index is 0.0242. The first-order chi connectivity index (χ1) is 8.63. The number of hydrogen-bond acceptors (Lipinski definition) is 5. The van der Waals surface area contributed by atoms with E-state index in [0.29, 0.717) is 25.8 Å². The lowest BCUT2D eigenvalue weighted by Gasteiger charge is -2.17. The van der Waals surface area contributed by atoms with Gasteiger partial charge in [0.2, 0.25) is 6.41 Å². The van der Waals surface area contributed by atoms with Crippen LogP contribution in [-0.4, -0.2) is 44.0 Å². The number of rotatable bonds is 3. The Hall–Kier alpha value is -2.11. The first-order valence-corrected chi connectivity index (χ1v) is 5.44. The molecule has 1 aliphatic rings. The van der Waals surface area contributed by atoms with E-state index in [1.165, 1.54) is 25.3 Å². The van der Waals surface area contributed by atoms with Crippen molar-refractivity contribution in [2.24, 2.45) is 0 Å². The van der Waals surface area contributed by atoms with Crippen molar-refractivity contribution in [3.8, 4) is 0 Å². The smallest absolute Gasteiger partial charge is 0.340 e. The van der Waals surface area contributed by atoms with Crippen molar-refractivity contribution in [1.82, 2.24) is 4.90 Å². The second-order valence-corrected chi connectivity index (χ2v) is 3.63. The fourth-order valence-corrected chi connectivity index (χ4v) is 1.59. The van der Waals surface area contributed by atoms with E-state index < -0.39 is 11.9 Å². The number of allylic oxidation sites excluding steroid dienone is 1. The molecule has 0 aromatic carbocycles. The number of carbonyl (C=O) groups is 3. The summed E-state index contributed by atoms with van der Waals surface area (Å²) in [6, 6.07) is 0. The van der Waals surface area contributed by atoms with E-state index in [1.807, 2.05) is 0 Å². The van der Waals surface area contributed by atoms with Crippen LogP contribution in [0.5, 0.6) is 0 Å². The molecule has 0 atom stereocenters. The van der Waals surface area contributed by atoms with Gasteiger partial charge in [-0.2, -0.15) is 0 Å². The highest BCUT2D eigenvalue weighted by Crippen LogP contribution is 2.18. The van der Waals surface area contributed by atoms with Gasteiger partial charge in [0.1, 0.15) is 0 Å². The molecule has 6 heteroatoms. The van der Waals surface area contributed by atoms with Crippen LogP contribution in [0.4, 0.5) is 0 Å². The molecule has 1 aliphatic heterocycles. The molecule has 1 amide bonds. The van der Waals surface area contributed by atoms with E-state index in [0.717, 1.165) is 0 Å². The van der Waals surface area contributed by atoms with Crippen LogP contribution in [0.1, 0.15) is 12.8 Å². The molecule has 0 spiro atoms. The predicted molar refractivity (Wildman–Crippen MR) is 62.2 cm³/mol. The van der Waals surface area contributed by atoms with E-state index in [4.69, 9.17) is 0 Å². The van der Waals surface area contributed by atoms with E-state index >= 15 is 0 Å². The molecule has 0 fully saturated rings. The van der Waals surface area contributed by atoms with Crippen LogP contribution >= 0.6 is 0 Å². The Labute approximate surface area is 105 Å². The quantitative estimate of drug-likeness (QED) is 0.537. The molecule has 18 heavy (non-hydrogen) atoms. The van der Waals surface area contributed by atoms with Gasteiger partial charge in [-0.1, -0.05) is 6.08 Å². The maximum Gasteiger partial charge on any atom is 0.340 e. The molecule has 0 N–H and O–H groups in total. The van der Waals surface area contributed by atoms with Crippen molar-refractivity contribution < 1.29 is 23.9 Å². The first kappa shape index (κ1) is 14.0. The number of nitrogens with zero attached hydrogens (tertiary/aromatic N) is 1. The van der Waals surface area contributed by atoms with Crippen molar-refractivity contribution in [2.45, 2.75) is 12.8 Å². The topological polar surface area (TPSA) is 72.9 Å². The summed E-state index contributed by atoms with van der Waals surface area (Å²) >= 11 is 0. The third kappa shape index (κ3) is 3.19. The van der Waals surface area contributed by atoms with Crippen molar-refractivity contribution in [1.29, 1.82) is 0 Å². The first-order valence-electron chi connectivity index (χ1n) is 5.44. The molecule has 0 unspecified atom stereocenters. The molecular formula is C12H15NO5. The zero-order chi connectivity index (χ0) is 13.5. The van der Waals surface area contributed by atoms with Crippen LogP contribution < -0.4 is 0 Å². The van der Waals surface area contributed by atoms with Gasteiger partial charge in [-0.05, 0) is 12.8 Å². The van der Waals surface area contributed by atoms with Gasteiger partial charge < -0.3 is 14.4 Å². The summed E-state index contributed by atoms with van der Waals surface area (Å²) in [6.45, 7) is 0.481. The minimum atomic E-state index is -0.680. The Bertz CT molecular complexity index is 411. The highest BCUT2D eigenvalue weighted by Gasteiger charge is 2.24. The lowest BCUT2D eigenvalue weighted by Crippen LogP contribution is -2.23. The SMILES string of the molecule is COC(=O)C1=CCCCN(C=O)C=C1C(=O)OC. The summed E-state index contributed by atoms with van der Waals surface area (Å²) in [5, 5.41) is 0. The fraction of sp³-hybridized carbons (Fsp3) is 0.417. The monoisotopic (exact) mass is 253 g/mol. The summed E-state index contributed by atoms with van der Waals surface area (Å²) in [5.41, 5.74) is 0.145. The average molecular weight is 253 g/mol. The molecule has 0 aromatic heterocycles. The van der Waals surface area contributed by atoms with E-state index in [2.05, 4.69) is 9.47 Å². The lowest BCUT2D eigenvalue weighted by atomic mass is 10.0. The van der Waals surface area contributed by atoms with Crippen molar-refractivity contribution in [3.05, 3.63) is 23.4 Å². The zero-order valence-electron chi connectivity index (χ0n) is 10.3. The highest BCUT2D eigenvalue weighted by atomic mass is 16.5. The van der Waals surface area contributed by atoms with Crippen LogP contribution in [0.2, 0.25) is 0 Å².